The summed E-state index contributed by atoms with van der Waals surface area (Å²) in [6.45, 7) is 1.60. The molecule has 7 heteroatoms. The van der Waals surface area contributed by atoms with Crippen LogP contribution in [0.5, 0.6) is 11.5 Å². The maximum absolute atomic E-state index is 12.4. The molecule has 1 amide bonds. The van der Waals surface area contributed by atoms with Gasteiger partial charge in [0.2, 0.25) is 5.91 Å². The van der Waals surface area contributed by atoms with E-state index < -0.39 is 0 Å². The van der Waals surface area contributed by atoms with E-state index in [1.54, 1.807) is 14.2 Å². The molecule has 3 rings (SSSR count). The molecule has 1 saturated heterocycles. The molecular formula is C21H24BrClN2O3. The lowest BCUT2D eigenvalue weighted by atomic mass is 10.1. The SMILES string of the molecule is COc1ccc(CCC(=O)NC2CCN(c3cc(Cl)ccc3OC)C2)cc1Br. The van der Waals surface area contributed by atoms with Crippen molar-refractivity contribution in [3.63, 3.8) is 0 Å². The fraction of sp³-hybridized carbons (Fsp3) is 0.381. The maximum Gasteiger partial charge on any atom is 0.220 e. The lowest BCUT2D eigenvalue weighted by Crippen LogP contribution is -2.37. The third-order valence-corrected chi connectivity index (χ3v) is 5.75. The van der Waals surface area contributed by atoms with Crippen molar-refractivity contribution in [1.29, 1.82) is 0 Å². The molecule has 0 radical (unpaired) electrons. The fourth-order valence-corrected chi connectivity index (χ4v) is 4.18. The van der Waals surface area contributed by atoms with E-state index in [9.17, 15) is 4.79 Å². The van der Waals surface area contributed by atoms with Crippen molar-refractivity contribution in [1.82, 2.24) is 5.32 Å². The minimum absolute atomic E-state index is 0.0665. The van der Waals surface area contributed by atoms with Crippen LogP contribution in [-0.4, -0.2) is 39.3 Å². The highest BCUT2D eigenvalue weighted by Crippen LogP contribution is 2.33. The second-order valence-electron chi connectivity index (χ2n) is 6.78. The standard InChI is InChI=1S/C21H24BrClN2O3/c1-27-19-6-3-14(11-17(19)22)4-8-21(26)24-16-9-10-25(13-16)18-12-15(23)5-7-20(18)28-2/h3,5-7,11-12,16H,4,8-10,13H2,1-2H3,(H,24,26). The third kappa shape index (κ3) is 5.11. The number of carbonyl (C=O) groups excluding carboxylic acids is 1. The van der Waals surface area contributed by atoms with Gasteiger partial charge in [0, 0.05) is 30.6 Å². The van der Waals surface area contributed by atoms with Gasteiger partial charge in [-0.2, -0.15) is 0 Å². The average Bonchev–Trinajstić information content (AvgIpc) is 3.14. The van der Waals surface area contributed by atoms with Crippen LogP contribution in [0.3, 0.4) is 0 Å². The monoisotopic (exact) mass is 466 g/mol. The molecule has 5 nitrogen and oxygen atoms in total. The van der Waals surface area contributed by atoms with Crippen LogP contribution in [-0.2, 0) is 11.2 Å². The van der Waals surface area contributed by atoms with Crippen LogP contribution in [0.15, 0.2) is 40.9 Å². The number of rotatable bonds is 7. The van der Waals surface area contributed by atoms with Crippen LogP contribution in [0.25, 0.3) is 0 Å². The highest BCUT2D eigenvalue weighted by molar-refractivity contribution is 9.10. The van der Waals surface area contributed by atoms with Gasteiger partial charge in [0.25, 0.3) is 0 Å². The third-order valence-electron chi connectivity index (χ3n) is 4.89. The van der Waals surface area contributed by atoms with E-state index in [0.29, 0.717) is 17.9 Å². The lowest BCUT2D eigenvalue weighted by Gasteiger charge is -2.21. The molecule has 0 aromatic heterocycles. The number of hydrogen-bond acceptors (Lipinski definition) is 4. The van der Waals surface area contributed by atoms with Gasteiger partial charge in [-0.3, -0.25) is 4.79 Å². The average molecular weight is 468 g/mol. The quantitative estimate of drug-likeness (QED) is 0.654. The van der Waals surface area contributed by atoms with Crippen LogP contribution in [0.4, 0.5) is 5.69 Å². The molecule has 0 saturated carbocycles. The maximum atomic E-state index is 12.4. The van der Waals surface area contributed by atoms with Crippen molar-refractivity contribution in [2.75, 3.05) is 32.2 Å². The smallest absolute Gasteiger partial charge is 0.220 e. The Kier molecular flexibility index (Phi) is 7.08. The van der Waals surface area contributed by atoms with Crippen molar-refractivity contribution in [2.24, 2.45) is 0 Å². The number of halogens is 2. The number of benzene rings is 2. The number of carbonyl (C=O) groups is 1. The minimum atomic E-state index is 0.0665. The summed E-state index contributed by atoms with van der Waals surface area (Å²) in [6.07, 6.45) is 2.04. The molecule has 1 fully saturated rings. The molecule has 0 aliphatic carbocycles. The van der Waals surface area contributed by atoms with E-state index in [1.165, 1.54) is 0 Å². The Bertz CT molecular complexity index is 846. The number of ether oxygens (including phenoxy) is 2. The molecule has 1 N–H and O–H groups in total. The Balaban J connectivity index is 1.52. The number of amides is 1. The Morgan fingerprint density at radius 1 is 1.21 bits per heavy atom. The van der Waals surface area contributed by atoms with E-state index in [2.05, 4.69) is 26.1 Å². The summed E-state index contributed by atoms with van der Waals surface area (Å²) >= 11 is 9.62. The zero-order valence-electron chi connectivity index (χ0n) is 16.0. The first-order chi connectivity index (χ1) is 13.5. The molecule has 2 aromatic carbocycles. The van der Waals surface area contributed by atoms with Crippen molar-refractivity contribution >= 4 is 39.1 Å². The van der Waals surface area contributed by atoms with E-state index in [1.807, 2.05) is 36.4 Å². The summed E-state index contributed by atoms with van der Waals surface area (Å²) in [5.41, 5.74) is 2.06. The molecule has 1 unspecified atom stereocenters. The van der Waals surface area contributed by atoms with E-state index in [4.69, 9.17) is 21.1 Å². The van der Waals surface area contributed by atoms with Crippen molar-refractivity contribution < 1.29 is 14.3 Å². The van der Waals surface area contributed by atoms with E-state index >= 15 is 0 Å². The Labute approximate surface area is 179 Å². The second kappa shape index (κ2) is 9.52. The molecule has 0 spiro atoms. The van der Waals surface area contributed by atoms with Crippen LogP contribution in [0, 0.1) is 0 Å². The number of nitrogens with zero attached hydrogens (tertiary/aromatic N) is 1. The summed E-state index contributed by atoms with van der Waals surface area (Å²) in [4.78, 5) is 14.6. The lowest BCUT2D eigenvalue weighted by molar-refractivity contribution is -0.121. The summed E-state index contributed by atoms with van der Waals surface area (Å²) in [5, 5.41) is 3.82. The molecule has 1 atom stereocenters. The zero-order valence-corrected chi connectivity index (χ0v) is 18.3. The van der Waals surface area contributed by atoms with Gasteiger partial charge < -0.3 is 19.7 Å². The molecule has 1 heterocycles. The van der Waals surface area contributed by atoms with Gasteiger partial charge in [0.1, 0.15) is 11.5 Å². The summed E-state index contributed by atoms with van der Waals surface area (Å²) < 4.78 is 11.6. The van der Waals surface area contributed by atoms with Gasteiger partial charge in [-0.1, -0.05) is 17.7 Å². The first-order valence-corrected chi connectivity index (χ1v) is 10.4. The first-order valence-electron chi connectivity index (χ1n) is 9.20. The van der Waals surface area contributed by atoms with Crippen LogP contribution < -0.4 is 19.7 Å². The first kappa shape index (κ1) is 20.8. The molecule has 0 bridgehead atoms. The van der Waals surface area contributed by atoms with E-state index in [-0.39, 0.29) is 11.9 Å². The molecular weight excluding hydrogens is 444 g/mol. The topological polar surface area (TPSA) is 50.8 Å². The van der Waals surface area contributed by atoms with Gasteiger partial charge in [0.05, 0.1) is 24.4 Å². The highest BCUT2D eigenvalue weighted by Gasteiger charge is 2.26. The summed E-state index contributed by atoms with van der Waals surface area (Å²) in [6, 6.07) is 11.6. The summed E-state index contributed by atoms with van der Waals surface area (Å²) in [7, 11) is 3.29. The molecule has 28 heavy (non-hydrogen) atoms. The van der Waals surface area contributed by atoms with Crippen molar-refractivity contribution in [2.45, 2.75) is 25.3 Å². The largest absolute Gasteiger partial charge is 0.496 e. The second-order valence-corrected chi connectivity index (χ2v) is 8.07. The van der Waals surface area contributed by atoms with Gasteiger partial charge in [0.15, 0.2) is 0 Å². The molecule has 1 aliphatic heterocycles. The Morgan fingerprint density at radius 2 is 1.96 bits per heavy atom. The fourth-order valence-electron chi connectivity index (χ4n) is 3.43. The predicted molar refractivity (Wildman–Crippen MR) is 116 cm³/mol. The minimum Gasteiger partial charge on any atom is -0.496 e. The number of methoxy groups -OCH3 is 2. The molecule has 2 aromatic rings. The number of hydrogen-bond donors (Lipinski definition) is 1. The number of anilines is 1. The van der Waals surface area contributed by atoms with Gasteiger partial charge in [-0.25, -0.2) is 0 Å². The van der Waals surface area contributed by atoms with Gasteiger partial charge in [-0.05, 0) is 64.7 Å². The number of aryl methyl sites for hydroxylation is 1. The molecule has 150 valence electrons. The van der Waals surface area contributed by atoms with Crippen LogP contribution >= 0.6 is 27.5 Å². The highest BCUT2D eigenvalue weighted by atomic mass is 79.9. The van der Waals surface area contributed by atoms with Crippen molar-refractivity contribution in [3.8, 4) is 11.5 Å². The Morgan fingerprint density at radius 3 is 2.68 bits per heavy atom. The predicted octanol–water partition coefficient (Wildman–Crippen LogP) is 4.45. The summed E-state index contributed by atoms with van der Waals surface area (Å²) in [5.74, 6) is 1.65. The number of nitrogens with one attached hydrogen (secondary N) is 1. The van der Waals surface area contributed by atoms with Crippen LogP contribution in [0.2, 0.25) is 5.02 Å². The zero-order chi connectivity index (χ0) is 20.1. The van der Waals surface area contributed by atoms with Crippen LogP contribution in [0.1, 0.15) is 18.4 Å². The van der Waals surface area contributed by atoms with E-state index in [0.717, 1.165) is 46.7 Å². The molecule has 1 aliphatic rings. The normalized spacial score (nSPS) is 16.1. The van der Waals surface area contributed by atoms with Crippen molar-refractivity contribution in [3.05, 3.63) is 51.5 Å². The Hall–Kier alpha value is -1.92. The van der Waals surface area contributed by atoms with Gasteiger partial charge >= 0.3 is 0 Å². The van der Waals surface area contributed by atoms with Gasteiger partial charge in [-0.15, -0.1) is 0 Å².